The van der Waals surface area contributed by atoms with E-state index in [2.05, 4.69) is 15.4 Å². The van der Waals surface area contributed by atoms with Crippen molar-refractivity contribution in [3.8, 4) is 5.82 Å². The van der Waals surface area contributed by atoms with E-state index in [9.17, 15) is 4.79 Å². The number of hydrogen-bond acceptors (Lipinski definition) is 4. The van der Waals surface area contributed by atoms with Gasteiger partial charge in [0.25, 0.3) is 0 Å². The van der Waals surface area contributed by atoms with Gasteiger partial charge in [0.05, 0.1) is 11.1 Å². The largest absolute Gasteiger partial charge is 0.478 e. The van der Waals surface area contributed by atoms with Crippen LogP contribution >= 0.6 is 0 Å². The molecule has 0 fully saturated rings. The first kappa shape index (κ1) is 11.4. The number of carboxylic acids is 1. The number of aromatic nitrogens is 5. The summed E-state index contributed by atoms with van der Waals surface area (Å²) in [6.45, 7) is 2.74. The molecule has 96 valence electrons. The molecule has 19 heavy (non-hydrogen) atoms. The molecule has 0 aliphatic carbocycles. The van der Waals surface area contributed by atoms with E-state index in [1.807, 2.05) is 19.2 Å². The highest BCUT2D eigenvalue weighted by molar-refractivity contribution is 6.00. The lowest BCUT2D eigenvalue weighted by Crippen LogP contribution is -2.01. The normalized spacial score (nSPS) is 11.0. The van der Waals surface area contributed by atoms with Crippen LogP contribution in [0.5, 0.6) is 0 Å². The third-order valence-corrected chi connectivity index (χ3v) is 2.88. The minimum absolute atomic E-state index is 0.138. The van der Waals surface area contributed by atoms with Crippen molar-refractivity contribution in [2.45, 2.75) is 13.5 Å². The van der Waals surface area contributed by atoms with Crippen LogP contribution in [0.25, 0.3) is 16.9 Å². The van der Waals surface area contributed by atoms with Crippen molar-refractivity contribution in [3.05, 3.63) is 36.0 Å². The molecule has 1 N–H and O–H groups in total. The molecule has 0 saturated carbocycles. The lowest BCUT2D eigenvalue weighted by atomic mass is 10.2. The molecule has 0 radical (unpaired) electrons. The number of aromatic carboxylic acids is 1. The Morgan fingerprint density at radius 1 is 1.37 bits per heavy atom. The lowest BCUT2D eigenvalue weighted by Gasteiger charge is -1.98. The molecule has 7 heteroatoms. The first-order valence-electron chi connectivity index (χ1n) is 5.82. The second-order valence-electron chi connectivity index (χ2n) is 4.01. The van der Waals surface area contributed by atoms with Crippen LogP contribution in [0.2, 0.25) is 0 Å². The fourth-order valence-corrected chi connectivity index (χ4v) is 1.93. The number of aryl methyl sites for hydroxylation is 1. The average Bonchev–Trinajstić information content (AvgIpc) is 3.03. The zero-order valence-electron chi connectivity index (χ0n) is 10.2. The van der Waals surface area contributed by atoms with Crippen molar-refractivity contribution in [2.24, 2.45) is 0 Å². The molecule has 3 rings (SSSR count). The van der Waals surface area contributed by atoms with Gasteiger partial charge >= 0.3 is 5.97 Å². The van der Waals surface area contributed by atoms with E-state index in [0.29, 0.717) is 16.9 Å². The van der Waals surface area contributed by atoms with Crippen LogP contribution in [0.4, 0.5) is 0 Å². The third-order valence-electron chi connectivity index (χ3n) is 2.88. The maximum absolute atomic E-state index is 11.1. The van der Waals surface area contributed by atoms with Crippen molar-refractivity contribution in [1.29, 1.82) is 0 Å². The van der Waals surface area contributed by atoms with E-state index in [1.54, 1.807) is 16.8 Å². The van der Waals surface area contributed by atoms with Crippen LogP contribution in [-0.4, -0.2) is 35.9 Å². The van der Waals surface area contributed by atoms with Gasteiger partial charge in [-0.25, -0.2) is 4.79 Å². The Balaban J connectivity index is 2.20. The molecule has 0 aliphatic rings. The molecule has 0 amide bonds. The smallest absolute Gasteiger partial charge is 0.338 e. The lowest BCUT2D eigenvalue weighted by molar-refractivity contribution is 0.0699. The summed E-state index contributed by atoms with van der Waals surface area (Å²) in [4.78, 5) is 11.1. The first-order chi connectivity index (χ1) is 9.20. The highest BCUT2D eigenvalue weighted by atomic mass is 16.4. The molecule has 2 aromatic heterocycles. The minimum atomic E-state index is -1.02. The van der Waals surface area contributed by atoms with Crippen LogP contribution in [0.1, 0.15) is 17.3 Å². The molecule has 2 heterocycles. The Labute approximate surface area is 108 Å². The Bertz CT molecular complexity index is 758. The fraction of sp³-hybridized carbons (Fsp3) is 0.167. The molecular weight excluding hydrogens is 246 g/mol. The predicted molar refractivity (Wildman–Crippen MR) is 67.3 cm³/mol. The van der Waals surface area contributed by atoms with E-state index in [0.717, 1.165) is 6.54 Å². The molecular formula is C12H11N5O2. The summed E-state index contributed by atoms with van der Waals surface area (Å²) in [6.07, 6.45) is 1.84. The molecule has 0 bridgehead atoms. The molecule has 3 aromatic rings. The summed E-state index contributed by atoms with van der Waals surface area (Å²) in [7, 11) is 0. The van der Waals surface area contributed by atoms with Crippen LogP contribution in [-0.2, 0) is 6.54 Å². The highest BCUT2D eigenvalue weighted by Gasteiger charge is 2.15. The van der Waals surface area contributed by atoms with Crippen LogP contribution in [0.15, 0.2) is 30.5 Å². The number of benzene rings is 1. The summed E-state index contributed by atoms with van der Waals surface area (Å²) < 4.78 is 3.30. The highest BCUT2D eigenvalue weighted by Crippen LogP contribution is 2.18. The summed E-state index contributed by atoms with van der Waals surface area (Å²) in [5.41, 5.74) is 1.13. The summed E-state index contributed by atoms with van der Waals surface area (Å²) in [5.74, 6) is -0.399. The van der Waals surface area contributed by atoms with Gasteiger partial charge in [-0.2, -0.15) is 9.78 Å². The number of nitrogens with zero attached hydrogens (tertiary/aromatic N) is 5. The maximum Gasteiger partial charge on any atom is 0.338 e. The van der Waals surface area contributed by atoms with E-state index < -0.39 is 5.97 Å². The molecule has 1 aromatic carbocycles. The minimum Gasteiger partial charge on any atom is -0.478 e. The zero-order valence-corrected chi connectivity index (χ0v) is 10.2. The van der Waals surface area contributed by atoms with Gasteiger partial charge in [-0.15, -0.1) is 5.10 Å². The Morgan fingerprint density at radius 3 is 2.89 bits per heavy atom. The fourth-order valence-electron chi connectivity index (χ4n) is 1.93. The van der Waals surface area contributed by atoms with E-state index in [4.69, 9.17) is 5.11 Å². The van der Waals surface area contributed by atoms with Gasteiger partial charge in [-0.05, 0) is 19.1 Å². The molecule has 0 unspecified atom stereocenters. The number of rotatable bonds is 3. The van der Waals surface area contributed by atoms with Gasteiger partial charge in [0.15, 0.2) is 5.82 Å². The van der Waals surface area contributed by atoms with Gasteiger partial charge in [0.1, 0.15) is 5.52 Å². The van der Waals surface area contributed by atoms with Gasteiger partial charge in [0, 0.05) is 18.8 Å². The van der Waals surface area contributed by atoms with E-state index in [-0.39, 0.29) is 5.56 Å². The number of carbonyl (C=O) groups is 1. The Kier molecular flexibility index (Phi) is 2.52. The van der Waals surface area contributed by atoms with Crippen LogP contribution in [0, 0.1) is 0 Å². The zero-order chi connectivity index (χ0) is 13.4. The summed E-state index contributed by atoms with van der Waals surface area (Å²) in [6, 6.07) is 6.76. The SMILES string of the molecule is CCn1ccc(-n2nnc3c(C(=O)O)cccc32)n1. The van der Waals surface area contributed by atoms with Crippen molar-refractivity contribution in [3.63, 3.8) is 0 Å². The van der Waals surface area contributed by atoms with Crippen molar-refractivity contribution >= 4 is 17.0 Å². The van der Waals surface area contributed by atoms with E-state index in [1.165, 1.54) is 10.7 Å². The maximum atomic E-state index is 11.1. The first-order valence-corrected chi connectivity index (χ1v) is 5.82. The van der Waals surface area contributed by atoms with Gasteiger partial charge in [-0.3, -0.25) is 4.68 Å². The summed E-state index contributed by atoms with van der Waals surface area (Å²) >= 11 is 0. The predicted octanol–water partition coefficient (Wildman–Crippen LogP) is 1.34. The van der Waals surface area contributed by atoms with Crippen LogP contribution < -0.4 is 0 Å². The van der Waals surface area contributed by atoms with Crippen molar-refractivity contribution in [2.75, 3.05) is 0 Å². The molecule has 0 aliphatic heterocycles. The van der Waals surface area contributed by atoms with Crippen LogP contribution in [0.3, 0.4) is 0 Å². The van der Waals surface area contributed by atoms with Gasteiger partial charge < -0.3 is 5.11 Å². The third kappa shape index (κ3) is 1.75. The Hall–Kier alpha value is -2.70. The quantitative estimate of drug-likeness (QED) is 0.765. The monoisotopic (exact) mass is 257 g/mol. The summed E-state index contributed by atoms with van der Waals surface area (Å²) in [5, 5.41) is 21.4. The van der Waals surface area contributed by atoms with Gasteiger partial charge in [0.2, 0.25) is 0 Å². The topological polar surface area (TPSA) is 85.8 Å². The number of carboxylic acid groups (broad SMARTS) is 1. The molecule has 0 atom stereocenters. The number of fused-ring (bicyclic) bond motifs is 1. The Morgan fingerprint density at radius 2 is 2.21 bits per heavy atom. The molecule has 7 nitrogen and oxygen atoms in total. The average molecular weight is 257 g/mol. The standard InChI is InChI=1S/C12H11N5O2/c1-2-16-7-6-10(14-16)17-9-5-3-4-8(12(18)19)11(9)13-15-17/h3-7H,2H2,1H3,(H,18,19). The molecule has 0 spiro atoms. The van der Waals surface area contributed by atoms with E-state index >= 15 is 0 Å². The second kappa shape index (κ2) is 4.20. The van der Waals surface area contributed by atoms with Gasteiger partial charge in [-0.1, -0.05) is 11.3 Å². The van der Waals surface area contributed by atoms with Crippen molar-refractivity contribution in [1.82, 2.24) is 24.8 Å². The number of hydrogen-bond donors (Lipinski definition) is 1. The van der Waals surface area contributed by atoms with Crippen molar-refractivity contribution < 1.29 is 9.90 Å². The molecule has 0 saturated heterocycles. The second-order valence-corrected chi connectivity index (χ2v) is 4.01.